The van der Waals surface area contributed by atoms with Crippen LogP contribution in [0.4, 0.5) is 4.79 Å². The Morgan fingerprint density at radius 1 is 1.03 bits per heavy atom. The maximum atomic E-state index is 14.6. The van der Waals surface area contributed by atoms with E-state index in [1.807, 2.05) is 90.0 Å². The molecule has 5 aliphatic rings. The fourth-order valence-corrected chi connectivity index (χ4v) is 10.6. The standard InChI is InChI=1S/C45H65N5O10/c1-11-35-45(8)39-27(4)36(46-18-19-50(39)43(53)60-45)25(2)21-44(7)40(59-42-37(51)34(49(9)10)20-26(3)57-42)28(5)38(29(6)41(52)58-35)54-22-32(23-55-44)48-56-24-31-17-16-30-14-12-13-15-33(30)47-31/h12-17,25-29,34-35,37-40,42,51H,11,18-24H2,1-10H3/t25-,26+,27+,28+,29+,34-,35-,37+,38+,39-,40-,42-,44-,45-/m1/s1. The molecule has 1 N–H and O–H groups in total. The van der Waals surface area contributed by atoms with Crippen molar-refractivity contribution in [1.29, 1.82) is 0 Å². The maximum absolute atomic E-state index is 14.6. The lowest BCUT2D eigenvalue weighted by Crippen LogP contribution is -2.60. The minimum Gasteiger partial charge on any atom is -0.458 e. The van der Waals surface area contributed by atoms with Crippen molar-refractivity contribution in [1.82, 2.24) is 14.8 Å². The van der Waals surface area contributed by atoms with Gasteiger partial charge in [-0.3, -0.25) is 14.7 Å². The van der Waals surface area contributed by atoms with E-state index in [9.17, 15) is 14.7 Å². The monoisotopic (exact) mass is 835 g/mol. The second-order valence-corrected chi connectivity index (χ2v) is 18.3. The third-order valence-electron chi connectivity index (χ3n) is 13.6. The van der Waals surface area contributed by atoms with Gasteiger partial charge in [-0.2, -0.15) is 0 Å². The number of aliphatic imine (C=N–C) groups is 1. The van der Waals surface area contributed by atoms with Gasteiger partial charge in [0.2, 0.25) is 0 Å². The predicted octanol–water partition coefficient (Wildman–Crippen LogP) is 5.40. The Kier molecular flexibility index (Phi) is 13.3. The average molecular weight is 836 g/mol. The van der Waals surface area contributed by atoms with E-state index in [2.05, 4.69) is 19.0 Å². The van der Waals surface area contributed by atoms with Crippen LogP contribution < -0.4 is 0 Å². The quantitative estimate of drug-likeness (QED) is 0.280. The number of cyclic esters (lactones) is 1. The lowest BCUT2D eigenvalue weighted by Gasteiger charge is -2.48. The van der Waals surface area contributed by atoms with E-state index in [1.54, 1.807) is 11.8 Å². The summed E-state index contributed by atoms with van der Waals surface area (Å²) in [4.78, 5) is 47.7. The summed E-state index contributed by atoms with van der Waals surface area (Å²) in [7, 11) is 3.88. The molecule has 15 nitrogen and oxygen atoms in total. The van der Waals surface area contributed by atoms with Crippen LogP contribution in [0.5, 0.6) is 0 Å². The molecule has 1 amide bonds. The molecule has 0 aliphatic carbocycles. The first kappa shape index (κ1) is 44.3. The van der Waals surface area contributed by atoms with Crippen molar-refractivity contribution >= 4 is 34.4 Å². The highest BCUT2D eigenvalue weighted by atomic mass is 16.7. The number of ether oxygens (including phenoxy) is 6. The number of pyridine rings is 1. The first-order chi connectivity index (χ1) is 28.5. The van der Waals surface area contributed by atoms with E-state index >= 15 is 0 Å². The second kappa shape index (κ2) is 17.9. The van der Waals surface area contributed by atoms with Crippen molar-refractivity contribution < 1.29 is 48.0 Å². The molecule has 60 heavy (non-hydrogen) atoms. The first-order valence-electron chi connectivity index (χ1n) is 21.7. The number of esters is 1. The number of para-hydroxylation sites is 1. The van der Waals surface area contributed by atoms with Gasteiger partial charge < -0.3 is 43.3 Å². The topological polar surface area (TPSA) is 163 Å². The molecule has 0 spiro atoms. The smallest absolute Gasteiger partial charge is 0.410 e. The summed E-state index contributed by atoms with van der Waals surface area (Å²) in [5.41, 5.74) is 0.732. The van der Waals surface area contributed by atoms with Crippen molar-refractivity contribution in [3.05, 3.63) is 42.1 Å². The normalized spacial score (nSPS) is 39.9. The molecule has 330 valence electrons. The summed E-state index contributed by atoms with van der Waals surface area (Å²) in [5, 5.41) is 17.4. The molecule has 4 bridgehead atoms. The van der Waals surface area contributed by atoms with Gasteiger partial charge >= 0.3 is 12.1 Å². The van der Waals surface area contributed by atoms with Crippen molar-refractivity contribution in [3.63, 3.8) is 0 Å². The number of likely N-dealkylation sites (N-methyl/N-ethyl adjacent to an activating group) is 1. The van der Waals surface area contributed by atoms with Crippen LogP contribution in [0.1, 0.15) is 80.3 Å². The Morgan fingerprint density at radius 3 is 2.55 bits per heavy atom. The lowest BCUT2D eigenvalue weighted by molar-refractivity contribution is -0.302. The minimum atomic E-state index is -1.14. The van der Waals surface area contributed by atoms with Crippen LogP contribution in [-0.4, -0.2) is 144 Å². The Hall–Kier alpha value is -3.73. The van der Waals surface area contributed by atoms with Crippen LogP contribution in [0, 0.1) is 23.7 Å². The minimum absolute atomic E-state index is 0.00820. The Labute approximate surface area is 354 Å². The van der Waals surface area contributed by atoms with E-state index in [4.69, 9.17) is 43.2 Å². The molecular weight excluding hydrogens is 771 g/mol. The van der Waals surface area contributed by atoms with E-state index in [0.717, 1.165) is 16.6 Å². The van der Waals surface area contributed by atoms with Crippen LogP contribution in [-0.2, 0) is 44.7 Å². The first-order valence-corrected chi connectivity index (χ1v) is 21.7. The zero-order valence-corrected chi connectivity index (χ0v) is 36.9. The molecular formula is C45H65N5O10. The summed E-state index contributed by atoms with van der Waals surface area (Å²) in [6.45, 7) is 16.7. The summed E-state index contributed by atoms with van der Waals surface area (Å²) in [5.74, 6) is -2.26. The number of nitrogens with zero attached hydrogens (tertiary/aromatic N) is 5. The van der Waals surface area contributed by atoms with E-state index in [-0.39, 0.29) is 43.8 Å². The number of aromatic nitrogens is 1. The second-order valence-electron chi connectivity index (χ2n) is 18.3. The van der Waals surface area contributed by atoms with Gasteiger partial charge in [-0.05, 0) is 79.1 Å². The number of carbonyl (C=O) groups excluding carboxylic acids is 2. The van der Waals surface area contributed by atoms with Crippen LogP contribution in [0.15, 0.2) is 46.5 Å². The van der Waals surface area contributed by atoms with Gasteiger partial charge in [0, 0.05) is 35.5 Å². The number of amides is 1. The predicted molar refractivity (Wildman–Crippen MR) is 224 cm³/mol. The molecule has 6 heterocycles. The highest BCUT2D eigenvalue weighted by Crippen LogP contribution is 2.45. The molecule has 7 rings (SSSR count). The van der Waals surface area contributed by atoms with Gasteiger partial charge in [-0.15, -0.1) is 0 Å². The Bertz CT molecular complexity index is 1930. The third kappa shape index (κ3) is 8.67. The molecule has 2 aromatic rings. The molecule has 1 aromatic heterocycles. The van der Waals surface area contributed by atoms with Gasteiger partial charge in [-0.25, -0.2) is 9.78 Å². The Morgan fingerprint density at radius 2 is 1.80 bits per heavy atom. The molecule has 15 heteroatoms. The maximum Gasteiger partial charge on any atom is 0.410 e. The van der Waals surface area contributed by atoms with E-state index in [0.29, 0.717) is 43.8 Å². The average Bonchev–Trinajstić information content (AvgIpc) is 3.36. The zero-order chi connectivity index (χ0) is 43.1. The van der Waals surface area contributed by atoms with Crippen LogP contribution in [0.25, 0.3) is 10.9 Å². The summed E-state index contributed by atoms with van der Waals surface area (Å²) >= 11 is 0. The van der Waals surface area contributed by atoms with Gasteiger partial charge in [-0.1, -0.05) is 57.1 Å². The molecule has 1 aromatic carbocycles. The van der Waals surface area contributed by atoms with Crippen LogP contribution >= 0.6 is 0 Å². The fraction of sp³-hybridized carbons (Fsp3) is 0.711. The summed E-state index contributed by atoms with van der Waals surface area (Å²) < 4.78 is 39.9. The number of oxime groups is 1. The van der Waals surface area contributed by atoms with Gasteiger partial charge in [0.15, 0.2) is 18.5 Å². The number of rotatable bonds is 7. The molecule has 0 radical (unpaired) electrons. The number of carbonyl (C=O) groups is 2. The zero-order valence-electron chi connectivity index (χ0n) is 36.9. The van der Waals surface area contributed by atoms with Gasteiger partial charge in [0.05, 0.1) is 66.8 Å². The number of benzene rings is 1. The largest absolute Gasteiger partial charge is 0.458 e. The van der Waals surface area contributed by atoms with E-state index in [1.165, 1.54) is 0 Å². The molecule has 5 aliphatic heterocycles. The molecule has 4 fully saturated rings. The molecule has 4 saturated heterocycles. The summed E-state index contributed by atoms with van der Waals surface area (Å²) in [6, 6.07) is 11.1. The fourth-order valence-electron chi connectivity index (χ4n) is 10.6. The molecule has 0 unspecified atom stereocenters. The van der Waals surface area contributed by atoms with Crippen molar-refractivity contribution in [3.8, 4) is 0 Å². The van der Waals surface area contributed by atoms with Crippen molar-refractivity contribution in [2.75, 3.05) is 40.4 Å². The molecule has 0 saturated carbocycles. The van der Waals surface area contributed by atoms with Gasteiger partial charge in [0.1, 0.15) is 17.9 Å². The number of aliphatic hydroxyl groups is 1. The lowest BCUT2D eigenvalue weighted by atomic mass is 9.72. The number of hydrogen-bond donors (Lipinski definition) is 1. The van der Waals surface area contributed by atoms with Crippen molar-refractivity contribution in [2.45, 2.75) is 141 Å². The van der Waals surface area contributed by atoms with Crippen LogP contribution in [0.3, 0.4) is 0 Å². The SMILES string of the molecule is CC[C@H]1OC(=O)[C@@H](C)[C@H]2OCC(=NOCc3ccc4ccccc4n3)CO[C@](C)(C[C@@H](C)C3=NCCN4C(=O)O[C@@]1(C)[C@H]4[C@H]3C)[C@H](O[C@H]1O[C@@H](C)C[C@@H](N(C)C)[C@@H]1O)[C@H]2C. The number of fused-ring (bicyclic) bond motifs is 5. The van der Waals surface area contributed by atoms with E-state index < -0.39 is 71.8 Å². The van der Waals surface area contributed by atoms with Crippen molar-refractivity contribution in [2.24, 2.45) is 33.8 Å². The van der Waals surface area contributed by atoms with Gasteiger partial charge in [0.25, 0.3) is 0 Å². The highest BCUT2D eigenvalue weighted by molar-refractivity contribution is 5.91. The Balaban J connectivity index is 1.30. The number of aliphatic hydroxyl groups excluding tert-OH is 1. The summed E-state index contributed by atoms with van der Waals surface area (Å²) in [6.07, 6.45) is -3.45. The van der Waals surface area contributed by atoms with Crippen LogP contribution in [0.2, 0.25) is 0 Å². The molecule has 14 atom stereocenters. The third-order valence-corrected chi connectivity index (χ3v) is 13.6. The number of hydrogen-bond acceptors (Lipinski definition) is 14. The highest BCUT2D eigenvalue weighted by Gasteiger charge is 2.60.